The van der Waals surface area contributed by atoms with Gasteiger partial charge < -0.3 is 9.84 Å². The van der Waals surface area contributed by atoms with Crippen LogP contribution in [-0.4, -0.2) is 23.7 Å². The lowest BCUT2D eigenvalue weighted by molar-refractivity contribution is -0.148. The van der Waals surface area contributed by atoms with Crippen LogP contribution in [-0.2, 0) is 14.3 Å². The molecule has 0 aliphatic heterocycles. The Kier molecular flexibility index (Phi) is 2.44. The summed E-state index contributed by atoms with van der Waals surface area (Å²) < 4.78 is 4.93. The first-order valence-corrected chi connectivity index (χ1v) is 5.53. The quantitative estimate of drug-likeness (QED) is 0.719. The van der Waals surface area contributed by atoms with Gasteiger partial charge in [-0.25, -0.2) is 0 Å². The maximum absolute atomic E-state index is 11.6. The molecule has 0 amide bonds. The van der Waals surface area contributed by atoms with Gasteiger partial charge in [0, 0.05) is 0 Å². The van der Waals surface area contributed by atoms with Gasteiger partial charge in [0.05, 0.1) is 18.4 Å². The van der Waals surface area contributed by atoms with Crippen molar-refractivity contribution in [2.45, 2.75) is 32.6 Å². The molecule has 15 heavy (non-hydrogen) atoms. The number of hydrogen-bond acceptors (Lipinski definition) is 3. The number of aliphatic carboxylic acids is 1. The minimum absolute atomic E-state index is 0.252. The van der Waals surface area contributed by atoms with Crippen LogP contribution in [0.1, 0.15) is 32.6 Å². The van der Waals surface area contributed by atoms with E-state index in [9.17, 15) is 9.59 Å². The fraction of sp³-hybridized carbons (Fsp3) is 0.818. The van der Waals surface area contributed by atoms with Crippen molar-refractivity contribution < 1.29 is 19.4 Å². The standard InChI is InChI=1S/C11H16O4/c1-2-15-10(14)8-7(9(12)13)11(8)5-3-4-6-11/h7-8H,2-6H2,1H3,(H,12,13)/t7-,8-/m1/s1. The van der Waals surface area contributed by atoms with E-state index in [1.807, 2.05) is 0 Å². The minimum Gasteiger partial charge on any atom is -0.481 e. The largest absolute Gasteiger partial charge is 0.481 e. The van der Waals surface area contributed by atoms with Crippen molar-refractivity contribution >= 4 is 11.9 Å². The lowest BCUT2D eigenvalue weighted by Gasteiger charge is -2.06. The third-order valence-corrected chi connectivity index (χ3v) is 3.80. The number of carboxylic acid groups (broad SMARTS) is 1. The van der Waals surface area contributed by atoms with E-state index in [-0.39, 0.29) is 17.3 Å². The summed E-state index contributed by atoms with van der Waals surface area (Å²) in [6, 6.07) is 0. The summed E-state index contributed by atoms with van der Waals surface area (Å²) in [7, 11) is 0. The molecule has 4 nitrogen and oxygen atoms in total. The van der Waals surface area contributed by atoms with E-state index in [0.717, 1.165) is 25.7 Å². The molecular formula is C11H16O4. The molecule has 2 atom stereocenters. The molecule has 0 aromatic heterocycles. The van der Waals surface area contributed by atoms with Gasteiger partial charge in [0.1, 0.15) is 0 Å². The fourth-order valence-corrected chi connectivity index (χ4v) is 3.14. The Morgan fingerprint density at radius 2 is 1.93 bits per heavy atom. The Balaban J connectivity index is 2.11. The highest BCUT2D eigenvalue weighted by Gasteiger charge is 2.72. The van der Waals surface area contributed by atoms with E-state index in [2.05, 4.69) is 0 Å². The van der Waals surface area contributed by atoms with E-state index in [1.54, 1.807) is 6.92 Å². The predicted octanol–water partition coefficient (Wildman–Crippen LogP) is 1.44. The average Bonchev–Trinajstić information content (AvgIpc) is 2.54. The van der Waals surface area contributed by atoms with Crippen molar-refractivity contribution in [1.82, 2.24) is 0 Å². The summed E-state index contributed by atoms with van der Waals surface area (Å²) in [5.41, 5.74) is -0.252. The van der Waals surface area contributed by atoms with Crippen LogP contribution in [0.5, 0.6) is 0 Å². The topological polar surface area (TPSA) is 63.6 Å². The fourth-order valence-electron chi connectivity index (χ4n) is 3.14. The van der Waals surface area contributed by atoms with E-state index in [1.165, 1.54) is 0 Å². The van der Waals surface area contributed by atoms with Gasteiger partial charge >= 0.3 is 11.9 Å². The molecule has 4 heteroatoms. The van der Waals surface area contributed by atoms with Crippen molar-refractivity contribution in [3.63, 3.8) is 0 Å². The summed E-state index contributed by atoms with van der Waals surface area (Å²) >= 11 is 0. The zero-order valence-electron chi connectivity index (χ0n) is 8.86. The molecule has 2 rings (SSSR count). The Morgan fingerprint density at radius 3 is 2.40 bits per heavy atom. The molecule has 0 heterocycles. The molecule has 2 fully saturated rings. The van der Waals surface area contributed by atoms with Gasteiger partial charge in [-0.3, -0.25) is 9.59 Å². The Hall–Kier alpha value is -1.06. The van der Waals surface area contributed by atoms with Crippen LogP contribution in [0.25, 0.3) is 0 Å². The molecule has 2 aliphatic carbocycles. The van der Waals surface area contributed by atoms with Gasteiger partial charge in [0.25, 0.3) is 0 Å². The summed E-state index contributed by atoms with van der Waals surface area (Å²) in [4.78, 5) is 22.6. The van der Waals surface area contributed by atoms with Gasteiger partial charge in [-0.15, -0.1) is 0 Å². The lowest BCUT2D eigenvalue weighted by Crippen LogP contribution is -2.12. The molecule has 2 aliphatic rings. The third kappa shape index (κ3) is 1.43. The molecule has 0 saturated heterocycles. The van der Waals surface area contributed by atoms with E-state index < -0.39 is 11.9 Å². The zero-order chi connectivity index (χ0) is 11.1. The van der Waals surface area contributed by atoms with E-state index in [0.29, 0.717) is 6.61 Å². The molecule has 0 unspecified atom stereocenters. The highest BCUT2D eigenvalue weighted by atomic mass is 16.5. The Labute approximate surface area is 88.6 Å². The van der Waals surface area contributed by atoms with Crippen molar-refractivity contribution in [3.05, 3.63) is 0 Å². The van der Waals surface area contributed by atoms with Gasteiger partial charge in [0.15, 0.2) is 0 Å². The van der Waals surface area contributed by atoms with E-state index >= 15 is 0 Å². The van der Waals surface area contributed by atoms with Crippen LogP contribution in [0.2, 0.25) is 0 Å². The molecule has 0 aromatic carbocycles. The zero-order valence-corrected chi connectivity index (χ0v) is 8.86. The predicted molar refractivity (Wildman–Crippen MR) is 52.1 cm³/mol. The molecule has 2 saturated carbocycles. The summed E-state index contributed by atoms with van der Waals surface area (Å²) in [6.07, 6.45) is 3.82. The lowest BCUT2D eigenvalue weighted by atomic mass is 10.0. The number of carboxylic acids is 1. The first kappa shape index (κ1) is 10.5. The molecule has 0 aromatic rings. The maximum atomic E-state index is 11.6. The van der Waals surface area contributed by atoms with Crippen molar-refractivity contribution in [1.29, 1.82) is 0 Å². The molecular weight excluding hydrogens is 196 g/mol. The number of carbonyl (C=O) groups is 2. The van der Waals surface area contributed by atoms with Gasteiger partial charge in [0.2, 0.25) is 0 Å². The highest BCUT2D eigenvalue weighted by Crippen LogP contribution is 2.67. The molecule has 84 valence electrons. The van der Waals surface area contributed by atoms with Crippen LogP contribution < -0.4 is 0 Å². The Bertz CT molecular complexity index is 291. The number of ether oxygens (including phenoxy) is 1. The first-order chi connectivity index (χ1) is 7.13. The van der Waals surface area contributed by atoms with Crippen LogP contribution in [0.15, 0.2) is 0 Å². The molecule has 0 radical (unpaired) electrons. The number of rotatable bonds is 3. The number of carbonyl (C=O) groups excluding carboxylic acids is 1. The maximum Gasteiger partial charge on any atom is 0.310 e. The van der Waals surface area contributed by atoms with Crippen molar-refractivity contribution in [3.8, 4) is 0 Å². The van der Waals surface area contributed by atoms with Gasteiger partial charge in [-0.2, -0.15) is 0 Å². The second kappa shape index (κ2) is 3.51. The molecule has 1 spiro atoms. The van der Waals surface area contributed by atoms with Crippen molar-refractivity contribution in [2.24, 2.45) is 17.3 Å². The summed E-state index contributed by atoms with van der Waals surface area (Å²) in [5, 5.41) is 9.06. The van der Waals surface area contributed by atoms with Crippen LogP contribution >= 0.6 is 0 Å². The van der Waals surface area contributed by atoms with Crippen LogP contribution in [0.3, 0.4) is 0 Å². The first-order valence-electron chi connectivity index (χ1n) is 5.53. The van der Waals surface area contributed by atoms with E-state index in [4.69, 9.17) is 9.84 Å². The average molecular weight is 212 g/mol. The van der Waals surface area contributed by atoms with Crippen molar-refractivity contribution in [2.75, 3.05) is 6.61 Å². The second-order valence-electron chi connectivity index (χ2n) is 4.49. The highest BCUT2D eigenvalue weighted by molar-refractivity contribution is 5.89. The van der Waals surface area contributed by atoms with Crippen LogP contribution in [0.4, 0.5) is 0 Å². The summed E-state index contributed by atoms with van der Waals surface area (Å²) in [6.45, 7) is 2.08. The number of esters is 1. The summed E-state index contributed by atoms with van der Waals surface area (Å²) in [5.74, 6) is -2.02. The van der Waals surface area contributed by atoms with Gasteiger partial charge in [-0.05, 0) is 25.2 Å². The monoisotopic (exact) mass is 212 g/mol. The smallest absolute Gasteiger partial charge is 0.310 e. The minimum atomic E-state index is -0.838. The molecule has 0 bridgehead atoms. The second-order valence-corrected chi connectivity index (χ2v) is 4.49. The van der Waals surface area contributed by atoms with Gasteiger partial charge in [-0.1, -0.05) is 12.8 Å². The molecule has 1 N–H and O–H groups in total. The SMILES string of the molecule is CCOC(=O)[C@H]1[C@H](C(=O)O)C12CCCC2. The van der Waals surface area contributed by atoms with Crippen LogP contribution in [0, 0.1) is 17.3 Å². The normalized spacial score (nSPS) is 31.5. The third-order valence-electron chi connectivity index (χ3n) is 3.80. The number of hydrogen-bond donors (Lipinski definition) is 1. The Morgan fingerprint density at radius 1 is 1.33 bits per heavy atom.